The summed E-state index contributed by atoms with van der Waals surface area (Å²) in [6.45, 7) is 0. The molecule has 0 unspecified atom stereocenters. The van der Waals surface area contributed by atoms with E-state index in [4.69, 9.17) is 16.6 Å². The highest BCUT2D eigenvalue weighted by atomic mass is 16.4. The molecule has 9 nitrogen and oxygen atoms in total. The number of anilines is 2. The van der Waals surface area contributed by atoms with Crippen molar-refractivity contribution in [2.75, 3.05) is 11.5 Å². The van der Waals surface area contributed by atoms with Crippen LogP contribution in [0.2, 0.25) is 0 Å². The highest BCUT2D eigenvalue weighted by Gasteiger charge is 2.09. The van der Waals surface area contributed by atoms with E-state index in [1.165, 1.54) is 12.3 Å². The summed E-state index contributed by atoms with van der Waals surface area (Å²) in [5.74, 6) is -0.825. The molecule has 9 heteroatoms. The van der Waals surface area contributed by atoms with E-state index >= 15 is 0 Å². The van der Waals surface area contributed by atoms with Gasteiger partial charge in [-0.05, 0) is 30.5 Å². The molecule has 0 spiro atoms. The molecule has 116 valence electrons. The number of carboxylic acids is 1. The van der Waals surface area contributed by atoms with Gasteiger partial charge in [-0.25, -0.2) is 19.7 Å². The summed E-state index contributed by atoms with van der Waals surface area (Å²) in [7, 11) is 0. The number of nitrogens with zero attached hydrogens (tertiary/aromatic N) is 5. The summed E-state index contributed by atoms with van der Waals surface area (Å²) < 4.78 is 0. The van der Waals surface area contributed by atoms with Crippen LogP contribution in [-0.4, -0.2) is 36.0 Å². The molecule has 3 rings (SSSR count). The highest BCUT2D eigenvalue weighted by molar-refractivity contribution is 5.85. The smallest absolute Gasteiger partial charge is 0.354 e. The topological polar surface area (TPSA) is 154 Å². The van der Waals surface area contributed by atoms with Gasteiger partial charge in [-0.1, -0.05) is 0 Å². The molecule has 0 aliphatic heterocycles. The van der Waals surface area contributed by atoms with Crippen LogP contribution in [0.3, 0.4) is 0 Å². The molecule has 3 heterocycles. The van der Waals surface area contributed by atoms with Crippen LogP contribution in [0.5, 0.6) is 0 Å². The van der Waals surface area contributed by atoms with Crippen molar-refractivity contribution >= 4 is 28.9 Å². The quantitative estimate of drug-likeness (QED) is 0.623. The van der Waals surface area contributed by atoms with E-state index in [0.717, 1.165) is 5.56 Å². The van der Waals surface area contributed by atoms with Crippen molar-refractivity contribution < 1.29 is 9.90 Å². The molecule has 0 amide bonds. The van der Waals surface area contributed by atoms with E-state index in [9.17, 15) is 4.79 Å². The SMILES string of the molecule is Nc1nc(N)c2nc(CCc3ccnc(C(=O)O)c3)cnc2n1. The van der Waals surface area contributed by atoms with Gasteiger partial charge in [0.1, 0.15) is 5.69 Å². The number of aryl methyl sites for hydroxylation is 2. The number of fused-ring (bicyclic) bond motifs is 1. The predicted octanol–water partition coefficient (Wildman–Crippen LogP) is 0.463. The fourth-order valence-electron chi connectivity index (χ4n) is 2.12. The van der Waals surface area contributed by atoms with Crippen LogP contribution in [0.15, 0.2) is 24.5 Å². The van der Waals surface area contributed by atoms with E-state index < -0.39 is 5.97 Å². The Kier molecular flexibility index (Phi) is 3.67. The zero-order valence-corrected chi connectivity index (χ0v) is 12.0. The fourth-order valence-corrected chi connectivity index (χ4v) is 2.12. The Morgan fingerprint density at radius 3 is 2.74 bits per heavy atom. The molecular formula is C14H13N7O2. The van der Waals surface area contributed by atoms with E-state index in [1.54, 1.807) is 12.3 Å². The molecule has 3 aromatic heterocycles. The monoisotopic (exact) mass is 311 g/mol. The number of nitrogens with two attached hydrogens (primary N) is 2. The van der Waals surface area contributed by atoms with E-state index in [0.29, 0.717) is 29.7 Å². The second-order valence-electron chi connectivity index (χ2n) is 4.86. The molecule has 5 N–H and O–H groups in total. The third kappa shape index (κ3) is 3.12. The first kappa shape index (κ1) is 14.6. The van der Waals surface area contributed by atoms with Crippen LogP contribution in [-0.2, 0) is 12.8 Å². The summed E-state index contributed by atoms with van der Waals surface area (Å²) >= 11 is 0. The maximum atomic E-state index is 10.9. The number of hydrogen-bond acceptors (Lipinski definition) is 8. The number of carboxylic acid groups (broad SMARTS) is 1. The predicted molar refractivity (Wildman–Crippen MR) is 82.6 cm³/mol. The molecule has 0 aromatic carbocycles. The van der Waals surface area contributed by atoms with Crippen LogP contribution >= 0.6 is 0 Å². The Hall–Kier alpha value is -3.36. The Labute approximate surface area is 130 Å². The van der Waals surface area contributed by atoms with Crippen LogP contribution in [0.1, 0.15) is 21.7 Å². The standard InChI is InChI=1S/C14H13N7O2/c15-11-10-12(21-14(16)20-11)18-6-8(19-10)2-1-7-3-4-17-9(5-7)13(22)23/h3-6H,1-2H2,(H,22,23)(H4,15,16,18,20,21). The van der Waals surface area contributed by atoms with Gasteiger partial charge in [0.05, 0.1) is 11.9 Å². The number of nitrogen functional groups attached to an aromatic ring is 2. The Bertz CT molecular complexity index is 897. The lowest BCUT2D eigenvalue weighted by molar-refractivity contribution is 0.0690. The van der Waals surface area contributed by atoms with Crippen molar-refractivity contribution in [1.82, 2.24) is 24.9 Å². The largest absolute Gasteiger partial charge is 0.477 e. The van der Waals surface area contributed by atoms with Gasteiger partial charge < -0.3 is 16.6 Å². The Balaban J connectivity index is 1.82. The minimum absolute atomic E-state index is 0.0141. The van der Waals surface area contributed by atoms with E-state index in [-0.39, 0.29) is 17.5 Å². The van der Waals surface area contributed by atoms with Gasteiger partial charge in [0.15, 0.2) is 17.0 Å². The van der Waals surface area contributed by atoms with Crippen molar-refractivity contribution in [1.29, 1.82) is 0 Å². The minimum Gasteiger partial charge on any atom is -0.477 e. The summed E-state index contributed by atoms with van der Waals surface area (Å²) in [6.07, 6.45) is 4.22. The average Bonchev–Trinajstić information content (AvgIpc) is 2.53. The van der Waals surface area contributed by atoms with Gasteiger partial charge in [0, 0.05) is 6.20 Å². The van der Waals surface area contributed by atoms with Gasteiger partial charge in [0.25, 0.3) is 0 Å². The van der Waals surface area contributed by atoms with Crippen LogP contribution < -0.4 is 11.5 Å². The summed E-state index contributed by atoms with van der Waals surface area (Å²) in [5.41, 5.74) is 13.6. The molecule has 0 atom stereocenters. The third-order valence-electron chi connectivity index (χ3n) is 3.21. The Morgan fingerprint density at radius 1 is 1.13 bits per heavy atom. The number of hydrogen-bond donors (Lipinski definition) is 3. The highest BCUT2D eigenvalue weighted by Crippen LogP contribution is 2.15. The molecule has 0 saturated heterocycles. The second kappa shape index (κ2) is 5.79. The molecule has 0 aliphatic rings. The maximum Gasteiger partial charge on any atom is 0.354 e. The van der Waals surface area contributed by atoms with Gasteiger partial charge in [0.2, 0.25) is 5.95 Å². The number of rotatable bonds is 4. The first-order chi connectivity index (χ1) is 11.0. The number of pyridine rings is 1. The number of carbonyl (C=O) groups is 1. The van der Waals surface area contributed by atoms with Gasteiger partial charge in [-0.3, -0.25) is 0 Å². The van der Waals surface area contributed by atoms with Crippen LogP contribution in [0, 0.1) is 0 Å². The maximum absolute atomic E-state index is 10.9. The normalized spacial score (nSPS) is 10.8. The van der Waals surface area contributed by atoms with Crippen LogP contribution in [0.25, 0.3) is 11.2 Å². The first-order valence-corrected chi connectivity index (χ1v) is 6.76. The molecular weight excluding hydrogens is 298 g/mol. The van der Waals surface area contributed by atoms with Gasteiger partial charge >= 0.3 is 5.97 Å². The molecule has 0 radical (unpaired) electrons. The summed E-state index contributed by atoms with van der Waals surface area (Å²) in [6, 6.07) is 3.30. The van der Waals surface area contributed by atoms with Crippen molar-refractivity contribution in [3.8, 4) is 0 Å². The van der Waals surface area contributed by atoms with Gasteiger partial charge in [-0.15, -0.1) is 0 Å². The lowest BCUT2D eigenvalue weighted by atomic mass is 10.1. The van der Waals surface area contributed by atoms with Crippen LogP contribution in [0.4, 0.5) is 11.8 Å². The first-order valence-electron chi connectivity index (χ1n) is 6.76. The van der Waals surface area contributed by atoms with E-state index in [1.807, 2.05) is 0 Å². The summed E-state index contributed by atoms with van der Waals surface area (Å²) in [4.78, 5) is 31.1. The number of aromatic carboxylic acids is 1. The van der Waals surface area contributed by atoms with Crippen molar-refractivity contribution in [3.63, 3.8) is 0 Å². The molecule has 0 saturated carbocycles. The van der Waals surface area contributed by atoms with Gasteiger partial charge in [-0.2, -0.15) is 9.97 Å². The molecule has 0 bridgehead atoms. The van der Waals surface area contributed by atoms with E-state index in [2.05, 4.69) is 24.9 Å². The number of aromatic nitrogens is 5. The van der Waals surface area contributed by atoms with Crippen molar-refractivity contribution in [2.24, 2.45) is 0 Å². The third-order valence-corrected chi connectivity index (χ3v) is 3.21. The fraction of sp³-hybridized carbons (Fsp3) is 0.143. The molecule has 0 fully saturated rings. The summed E-state index contributed by atoms with van der Waals surface area (Å²) in [5, 5.41) is 8.94. The molecule has 0 aliphatic carbocycles. The lowest BCUT2D eigenvalue weighted by Gasteiger charge is -2.05. The van der Waals surface area contributed by atoms with Crippen molar-refractivity contribution in [2.45, 2.75) is 12.8 Å². The zero-order chi connectivity index (χ0) is 16.4. The minimum atomic E-state index is -1.06. The Morgan fingerprint density at radius 2 is 1.96 bits per heavy atom. The second-order valence-corrected chi connectivity index (χ2v) is 4.86. The molecule has 3 aromatic rings. The molecule has 23 heavy (non-hydrogen) atoms. The van der Waals surface area contributed by atoms with Crippen molar-refractivity contribution in [3.05, 3.63) is 41.5 Å². The average molecular weight is 311 g/mol. The lowest BCUT2D eigenvalue weighted by Crippen LogP contribution is -2.05. The zero-order valence-electron chi connectivity index (χ0n) is 12.0.